The molecule has 3 aliphatic rings. The number of rotatable bonds is 12. The van der Waals surface area contributed by atoms with Crippen LogP contribution in [0, 0.1) is 0 Å². The van der Waals surface area contributed by atoms with Crippen LogP contribution >= 0.6 is 0 Å². The Bertz CT molecular complexity index is 9850. The fourth-order valence-corrected chi connectivity index (χ4v) is 20.9. The van der Waals surface area contributed by atoms with Gasteiger partial charge in [0, 0.05) is 115 Å². The second-order valence-electron chi connectivity index (χ2n) is 36.5. The first-order valence-corrected chi connectivity index (χ1v) is 48.2. The zero-order chi connectivity index (χ0) is 94.8. The van der Waals surface area contributed by atoms with Crippen LogP contribution in [0.2, 0.25) is 0 Å². The summed E-state index contributed by atoms with van der Waals surface area (Å²) in [6, 6.07) is 163. The molecule has 27 aromatic rings. The molecule has 0 amide bonds. The predicted molar refractivity (Wildman–Crippen MR) is 589 cm³/mol. The Morgan fingerprint density at radius 2 is 0.428 bits per heavy atom. The van der Waals surface area contributed by atoms with E-state index in [1.54, 1.807) is 0 Å². The van der Waals surface area contributed by atoms with E-state index in [-0.39, 0.29) is 7.43 Å². The van der Waals surface area contributed by atoms with E-state index in [0.717, 1.165) is 251 Å². The normalized spacial score (nSPS) is 11.8. The number of ether oxygens (including phenoxy) is 3. The molecule has 0 unspecified atom stereocenters. The highest BCUT2D eigenvalue weighted by Crippen LogP contribution is 2.53. The van der Waals surface area contributed by atoms with Gasteiger partial charge in [0.15, 0.2) is 17.5 Å². The number of fused-ring (bicyclic) bond motifs is 15. The van der Waals surface area contributed by atoms with Crippen molar-refractivity contribution in [1.82, 2.24) is 29.9 Å². The van der Waals surface area contributed by atoms with Crippen molar-refractivity contribution in [1.29, 1.82) is 0 Å². The maximum Gasteiger partial charge on any atom is 0.160 e. The van der Waals surface area contributed by atoms with Crippen LogP contribution in [-0.4, -0.2) is 29.9 Å². The number of hydrogen-bond donors (Lipinski definition) is 0. The average Bonchev–Trinajstić information content (AvgIpc) is 1.75. The van der Waals surface area contributed by atoms with Crippen molar-refractivity contribution in [2.24, 2.45) is 0 Å². The molecule has 6 aromatic heterocycles. The molecule has 0 saturated carbocycles. The van der Waals surface area contributed by atoms with E-state index in [1.807, 2.05) is 176 Å². The second kappa shape index (κ2) is 35.1. The van der Waals surface area contributed by atoms with Crippen molar-refractivity contribution >= 4 is 98.1 Å². The Balaban J connectivity index is 0.000000108. The van der Waals surface area contributed by atoms with Crippen LogP contribution in [0.1, 0.15) is 7.43 Å². The van der Waals surface area contributed by atoms with E-state index >= 15 is 0 Å². The Hall–Kier alpha value is -19.6. The molecule has 9 heterocycles. The van der Waals surface area contributed by atoms with Crippen molar-refractivity contribution in [2.45, 2.75) is 7.43 Å². The Kier molecular flexibility index (Phi) is 20.5. The first kappa shape index (κ1) is 84.7. The first-order chi connectivity index (χ1) is 71.3. The fourth-order valence-electron chi connectivity index (χ4n) is 20.9. The molecule has 3 aliphatic heterocycles. The molecule has 0 atom stereocenters. The summed E-state index contributed by atoms with van der Waals surface area (Å²) in [4.78, 5) is 30.4. The molecule has 0 aliphatic carbocycles. The summed E-state index contributed by atoms with van der Waals surface area (Å²) in [7, 11) is 0. The van der Waals surface area contributed by atoms with Gasteiger partial charge in [-0.25, -0.2) is 29.9 Å². The van der Waals surface area contributed by atoms with Gasteiger partial charge in [-0.3, -0.25) is 0 Å². The van der Waals surface area contributed by atoms with Gasteiger partial charge in [-0.1, -0.05) is 353 Å². The van der Waals surface area contributed by atoms with E-state index in [2.05, 4.69) is 297 Å². The van der Waals surface area contributed by atoms with Crippen LogP contribution in [0.15, 0.2) is 486 Å². The molecule has 30 rings (SSSR count). The number of para-hydroxylation sites is 3. The van der Waals surface area contributed by atoms with Gasteiger partial charge in [0.25, 0.3) is 0 Å². The summed E-state index contributed by atoms with van der Waals surface area (Å²) >= 11 is 0. The minimum absolute atomic E-state index is 0. The highest BCUT2D eigenvalue weighted by Gasteiger charge is 2.28. The molecular weight excluding hydrogens is 1780 g/mol. The molecule has 21 aromatic carbocycles. The lowest BCUT2D eigenvalue weighted by molar-refractivity contribution is 0.487. The summed E-state index contributed by atoms with van der Waals surface area (Å²) in [5, 5.41) is 13.5. The summed E-state index contributed by atoms with van der Waals surface area (Å²) < 4.78 is 37.5. The summed E-state index contributed by atoms with van der Waals surface area (Å²) in [5.41, 5.74) is 33.0. The topological polar surface area (TPSA) is 144 Å². The van der Waals surface area contributed by atoms with Crippen LogP contribution in [-0.2, 0) is 0 Å². The minimum Gasteiger partial charge on any atom is -0.456 e. The van der Waals surface area contributed by atoms with Gasteiger partial charge in [-0.2, -0.15) is 0 Å². The summed E-state index contributed by atoms with van der Waals surface area (Å²) in [5.74, 6) is 7.41. The van der Waals surface area contributed by atoms with Crippen molar-refractivity contribution in [3.63, 3.8) is 0 Å². The van der Waals surface area contributed by atoms with E-state index in [4.69, 9.17) is 57.4 Å². The molecule has 0 bridgehead atoms. The van der Waals surface area contributed by atoms with Crippen molar-refractivity contribution in [3.8, 4) is 203 Å². The summed E-state index contributed by atoms with van der Waals surface area (Å²) in [6.07, 6.45) is 0. The molecule has 680 valence electrons. The largest absolute Gasteiger partial charge is 0.456 e. The Morgan fingerprint density at radius 3 is 0.862 bits per heavy atom. The van der Waals surface area contributed by atoms with E-state index in [1.165, 1.54) is 32.8 Å². The zero-order valence-electron chi connectivity index (χ0n) is 77.2. The van der Waals surface area contributed by atoms with Gasteiger partial charge >= 0.3 is 0 Å². The number of hydrogen-bond acceptors (Lipinski definition) is 12. The molecular formula is C133H82N6O6. The average molecular weight is 1860 g/mol. The fraction of sp³-hybridized carbons (Fsp3) is 0.00752. The maximum atomic E-state index is 6.34. The smallest absolute Gasteiger partial charge is 0.160 e. The van der Waals surface area contributed by atoms with Crippen LogP contribution < -0.4 is 14.2 Å². The monoisotopic (exact) mass is 1860 g/mol. The third kappa shape index (κ3) is 15.2. The highest BCUT2D eigenvalue weighted by atomic mass is 16.5. The van der Waals surface area contributed by atoms with Crippen molar-refractivity contribution < 1.29 is 27.5 Å². The molecule has 12 nitrogen and oxygen atoms in total. The first-order valence-electron chi connectivity index (χ1n) is 48.2. The third-order valence-electron chi connectivity index (χ3n) is 27.9. The van der Waals surface area contributed by atoms with Crippen LogP contribution in [0.25, 0.3) is 267 Å². The molecule has 0 spiro atoms. The lowest BCUT2D eigenvalue weighted by Gasteiger charge is -2.22. The van der Waals surface area contributed by atoms with Crippen molar-refractivity contribution in [3.05, 3.63) is 473 Å². The van der Waals surface area contributed by atoms with Crippen LogP contribution in [0.3, 0.4) is 0 Å². The standard InChI is InChI=1S/3C44H26N2O2.CH4/c1-2-9-30(10-3-1)44-45-36(26-37(46-44)33-15-8-18-41-43(33)34-13-4-5-16-38(34)47-41)28-21-19-27(20-22-28)31-23-24-39-35(25-31)32-14-6-11-29-12-7-17-40(48-39)42(29)32;1-2-8-30(9-3-1)44-45-37(26-38(46-44)32-20-22-34-33-12-4-5-14-39(33)48-42(34)25-32)28-18-16-27(17-19-28)31-21-23-40-36(24-31)35-13-6-10-29-11-7-15-41(47-40)43(29)35;1-2-8-30(9-3-1)44-45-37(26-38(46-44)32-21-23-40-35(25-32)33-12-4-5-14-39(33)47-40)28-18-16-27(17-19-28)31-20-22-41-36(24-31)34-13-6-10-29-11-7-15-42(48-41)43(29)34;/h3*1-26H;1H4. The number of furan rings is 3. The predicted octanol–water partition coefficient (Wildman–Crippen LogP) is 36.5. The highest BCUT2D eigenvalue weighted by molar-refractivity contribution is 6.14. The SMILES string of the molecule is C.c1ccc(-c2nc(-c3ccc(-c4ccc5c(c4)-c4cccc6cccc(c46)O5)cc3)cc(-c3ccc4c(c3)oc3ccccc34)n2)cc1.c1ccc(-c2nc(-c3ccc(-c4ccc5c(c4)-c4cccc6cccc(c46)O5)cc3)cc(-c3ccc4oc5ccccc5c4c3)n2)cc1.c1ccc(-c2nc(-c3ccc(-c4ccc5c(c4)-c4cccc6cccc(c46)O5)cc3)cc(-c3cccc4oc5ccccc5c34)n2)cc1. The van der Waals surface area contributed by atoms with E-state index in [0.29, 0.717) is 17.5 Å². The van der Waals surface area contributed by atoms with Gasteiger partial charge in [-0.05, 0) is 194 Å². The summed E-state index contributed by atoms with van der Waals surface area (Å²) in [6.45, 7) is 0. The Morgan fingerprint density at radius 1 is 0.138 bits per heavy atom. The second-order valence-corrected chi connectivity index (χ2v) is 36.5. The molecule has 0 N–H and O–H groups in total. The maximum absolute atomic E-state index is 6.34. The lowest BCUT2D eigenvalue weighted by atomic mass is 9.92. The van der Waals surface area contributed by atoms with Gasteiger partial charge in [0.1, 0.15) is 68.0 Å². The van der Waals surface area contributed by atoms with Crippen molar-refractivity contribution in [2.75, 3.05) is 0 Å². The number of aromatic nitrogens is 6. The van der Waals surface area contributed by atoms with Gasteiger partial charge < -0.3 is 27.5 Å². The Labute approximate surface area is 833 Å². The quantitative estimate of drug-likeness (QED) is 0.115. The van der Waals surface area contributed by atoms with Gasteiger partial charge in [0.05, 0.1) is 34.2 Å². The van der Waals surface area contributed by atoms with E-state index < -0.39 is 0 Å². The van der Waals surface area contributed by atoms with Gasteiger partial charge in [-0.15, -0.1) is 0 Å². The molecule has 0 radical (unpaired) electrons. The molecule has 145 heavy (non-hydrogen) atoms. The minimum atomic E-state index is 0. The number of benzene rings is 21. The lowest BCUT2D eigenvalue weighted by Crippen LogP contribution is -1.97. The molecule has 0 saturated heterocycles. The zero-order valence-corrected chi connectivity index (χ0v) is 77.2. The molecule has 0 fully saturated rings. The van der Waals surface area contributed by atoms with Gasteiger partial charge in [0.2, 0.25) is 0 Å². The van der Waals surface area contributed by atoms with E-state index in [9.17, 15) is 0 Å². The van der Waals surface area contributed by atoms with Crippen LogP contribution in [0.4, 0.5) is 0 Å². The number of nitrogens with zero attached hydrogens (tertiary/aromatic N) is 6. The molecule has 12 heteroatoms. The third-order valence-corrected chi connectivity index (χ3v) is 27.9. The van der Waals surface area contributed by atoms with Crippen LogP contribution in [0.5, 0.6) is 34.5 Å².